The molecule has 0 fully saturated rings. The fourth-order valence-corrected chi connectivity index (χ4v) is 3.93. The van der Waals surface area contributed by atoms with Crippen molar-refractivity contribution in [2.75, 3.05) is 11.9 Å². The number of nitrogens with two attached hydrogens (primary N) is 1. The van der Waals surface area contributed by atoms with Gasteiger partial charge < -0.3 is 21.1 Å². The second-order valence-electron chi connectivity index (χ2n) is 8.25. The maximum Gasteiger partial charge on any atom is 0.335 e. The zero-order valence-corrected chi connectivity index (χ0v) is 18.6. The fourth-order valence-electron chi connectivity index (χ4n) is 3.93. The van der Waals surface area contributed by atoms with Crippen molar-refractivity contribution in [1.82, 2.24) is 9.97 Å². The van der Waals surface area contributed by atoms with Crippen molar-refractivity contribution in [3.05, 3.63) is 72.1 Å². The third kappa shape index (κ3) is 4.63. The first-order valence-electron chi connectivity index (χ1n) is 10.8. The highest BCUT2D eigenvalue weighted by molar-refractivity contribution is 5.98. The molecule has 0 radical (unpaired) electrons. The summed E-state index contributed by atoms with van der Waals surface area (Å²) in [7, 11) is 0. The van der Waals surface area contributed by atoms with E-state index >= 15 is 0 Å². The molecule has 7 nitrogen and oxygen atoms in total. The summed E-state index contributed by atoms with van der Waals surface area (Å²) in [6, 6.07) is 15.1. The molecule has 0 bridgehead atoms. The number of hydrogen-bond acceptors (Lipinski definition) is 4. The normalized spacial score (nSPS) is 11.2. The molecule has 2 aromatic carbocycles. The standard InChI is InChI=1S/C26H26N4O3/c1-15(2)21-11-17(6-7-20(21)26(32)33)23-14-29-25-22(23)12-18(13-28-25)16-4-3-5-19(10-16)30-24(31)8-9-27/h3-7,10-15H,8-9,27H2,1-2H3,(H,28,29)(H,30,31)(H,32,33). The number of nitrogens with one attached hydrogen (secondary N) is 2. The van der Waals surface area contributed by atoms with Gasteiger partial charge in [-0.1, -0.05) is 32.0 Å². The number of carboxylic acids is 1. The number of amides is 1. The van der Waals surface area contributed by atoms with Crippen LogP contribution in [-0.2, 0) is 4.79 Å². The molecular weight excluding hydrogens is 416 g/mol. The Morgan fingerprint density at radius 2 is 1.91 bits per heavy atom. The van der Waals surface area contributed by atoms with Gasteiger partial charge >= 0.3 is 5.97 Å². The predicted molar refractivity (Wildman–Crippen MR) is 130 cm³/mol. The van der Waals surface area contributed by atoms with Gasteiger partial charge in [-0.15, -0.1) is 0 Å². The van der Waals surface area contributed by atoms with E-state index in [9.17, 15) is 14.7 Å². The van der Waals surface area contributed by atoms with E-state index in [2.05, 4.69) is 21.4 Å². The first-order chi connectivity index (χ1) is 15.9. The second-order valence-corrected chi connectivity index (χ2v) is 8.25. The molecule has 2 aromatic heterocycles. The van der Waals surface area contributed by atoms with Crippen molar-refractivity contribution >= 4 is 28.6 Å². The van der Waals surface area contributed by atoms with Gasteiger partial charge in [0, 0.05) is 47.6 Å². The number of nitrogens with zero attached hydrogens (tertiary/aromatic N) is 1. The molecule has 4 aromatic rings. The van der Waals surface area contributed by atoms with Gasteiger partial charge in [0.2, 0.25) is 5.91 Å². The van der Waals surface area contributed by atoms with Crippen LogP contribution in [0.25, 0.3) is 33.3 Å². The minimum absolute atomic E-state index is 0.0761. The minimum atomic E-state index is -0.924. The number of aromatic nitrogens is 2. The molecular formula is C26H26N4O3. The number of carboxylic acid groups (broad SMARTS) is 1. The molecule has 1 amide bonds. The molecule has 0 saturated heterocycles. The van der Waals surface area contributed by atoms with Crippen molar-refractivity contribution in [2.45, 2.75) is 26.2 Å². The number of anilines is 1. The number of benzene rings is 2. The molecule has 168 valence electrons. The average Bonchev–Trinajstić information content (AvgIpc) is 3.22. The van der Waals surface area contributed by atoms with E-state index in [1.54, 1.807) is 12.3 Å². The highest BCUT2D eigenvalue weighted by Crippen LogP contribution is 2.34. The lowest BCUT2D eigenvalue weighted by atomic mass is 9.92. The molecule has 0 aliphatic heterocycles. The molecule has 5 N–H and O–H groups in total. The zero-order chi connectivity index (χ0) is 23.5. The Morgan fingerprint density at radius 1 is 1.09 bits per heavy atom. The molecule has 33 heavy (non-hydrogen) atoms. The van der Waals surface area contributed by atoms with Crippen LogP contribution in [0.4, 0.5) is 5.69 Å². The number of aromatic amines is 1. The highest BCUT2D eigenvalue weighted by Gasteiger charge is 2.16. The highest BCUT2D eigenvalue weighted by atomic mass is 16.4. The number of pyridine rings is 1. The Bertz CT molecular complexity index is 1340. The van der Waals surface area contributed by atoms with Crippen LogP contribution in [-0.4, -0.2) is 33.5 Å². The maximum atomic E-state index is 11.9. The summed E-state index contributed by atoms with van der Waals surface area (Å²) in [4.78, 5) is 31.3. The van der Waals surface area contributed by atoms with E-state index in [4.69, 9.17) is 5.73 Å². The summed E-state index contributed by atoms with van der Waals surface area (Å²) in [6.45, 7) is 4.27. The Balaban J connectivity index is 1.74. The third-order valence-corrected chi connectivity index (χ3v) is 5.60. The summed E-state index contributed by atoms with van der Waals surface area (Å²) in [5, 5.41) is 13.3. The number of hydrogen-bond donors (Lipinski definition) is 4. The lowest BCUT2D eigenvalue weighted by Gasteiger charge is -2.12. The Morgan fingerprint density at radius 3 is 2.64 bits per heavy atom. The van der Waals surface area contributed by atoms with E-state index in [1.165, 1.54) is 0 Å². The summed E-state index contributed by atoms with van der Waals surface area (Å²) < 4.78 is 0. The lowest BCUT2D eigenvalue weighted by molar-refractivity contribution is -0.116. The van der Waals surface area contributed by atoms with Gasteiger partial charge in [0.1, 0.15) is 5.65 Å². The number of aromatic carboxylic acids is 1. The molecule has 0 unspecified atom stereocenters. The zero-order valence-electron chi connectivity index (χ0n) is 18.6. The monoisotopic (exact) mass is 442 g/mol. The van der Waals surface area contributed by atoms with Gasteiger partial charge in [-0.05, 0) is 52.9 Å². The molecule has 0 atom stereocenters. The Labute approximate surface area is 191 Å². The van der Waals surface area contributed by atoms with Gasteiger partial charge in [-0.25, -0.2) is 9.78 Å². The SMILES string of the molecule is CC(C)c1cc(-c2c[nH]c3ncc(-c4cccc(NC(=O)CCN)c4)cc23)ccc1C(=O)O. The number of H-pyrrole nitrogens is 1. The number of carbonyl (C=O) groups excluding carboxylic acids is 1. The van der Waals surface area contributed by atoms with E-state index in [-0.39, 0.29) is 18.2 Å². The van der Waals surface area contributed by atoms with E-state index in [1.807, 2.05) is 56.4 Å². The van der Waals surface area contributed by atoms with Gasteiger partial charge in [0.15, 0.2) is 0 Å². The molecule has 4 rings (SSSR count). The topological polar surface area (TPSA) is 121 Å². The fraction of sp³-hybridized carbons (Fsp3) is 0.192. The van der Waals surface area contributed by atoms with Gasteiger partial charge in [-0.2, -0.15) is 0 Å². The lowest BCUT2D eigenvalue weighted by Crippen LogP contribution is -2.16. The molecule has 0 spiro atoms. The predicted octanol–water partition coefficient (Wildman–Crippen LogP) is 5.01. The van der Waals surface area contributed by atoms with Crippen molar-refractivity contribution in [2.24, 2.45) is 5.73 Å². The van der Waals surface area contributed by atoms with Crippen molar-refractivity contribution in [3.63, 3.8) is 0 Å². The van der Waals surface area contributed by atoms with Crippen LogP contribution in [0.1, 0.15) is 42.1 Å². The van der Waals surface area contributed by atoms with E-state index in [0.29, 0.717) is 17.8 Å². The largest absolute Gasteiger partial charge is 0.478 e. The van der Waals surface area contributed by atoms with Crippen molar-refractivity contribution in [3.8, 4) is 22.3 Å². The van der Waals surface area contributed by atoms with Crippen LogP contribution in [0.3, 0.4) is 0 Å². The van der Waals surface area contributed by atoms with Gasteiger partial charge in [-0.3, -0.25) is 4.79 Å². The summed E-state index contributed by atoms with van der Waals surface area (Å²) in [5.74, 6) is -0.972. The van der Waals surface area contributed by atoms with Crippen LogP contribution in [0.15, 0.2) is 60.9 Å². The summed E-state index contributed by atoms with van der Waals surface area (Å²) >= 11 is 0. The number of rotatable bonds is 7. The van der Waals surface area contributed by atoms with Gasteiger partial charge in [0.25, 0.3) is 0 Å². The summed E-state index contributed by atoms with van der Waals surface area (Å²) in [5.41, 5.74) is 11.7. The second kappa shape index (κ2) is 9.26. The molecule has 0 saturated carbocycles. The smallest absolute Gasteiger partial charge is 0.335 e. The van der Waals surface area contributed by atoms with E-state index < -0.39 is 5.97 Å². The maximum absolute atomic E-state index is 11.9. The van der Waals surface area contributed by atoms with Crippen molar-refractivity contribution < 1.29 is 14.7 Å². The molecule has 0 aliphatic rings. The molecule has 2 heterocycles. The summed E-state index contributed by atoms with van der Waals surface area (Å²) in [6.07, 6.45) is 3.95. The minimum Gasteiger partial charge on any atom is -0.478 e. The van der Waals surface area contributed by atoms with Crippen LogP contribution in [0.2, 0.25) is 0 Å². The van der Waals surface area contributed by atoms with Crippen molar-refractivity contribution in [1.29, 1.82) is 0 Å². The third-order valence-electron chi connectivity index (χ3n) is 5.60. The van der Waals surface area contributed by atoms with Crippen LogP contribution in [0.5, 0.6) is 0 Å². The molecule has 7 heteroatoms. The molecule has 0 aliphatic carbocycles. The quantitative estimate of drug-likeness (QED) is 0.321. The van der Waals surface area contributed by atoms with Gasteiger partial charge in [0.05, 0.1) is 5.56 Å². The first kappa shape index (κ1) is 22.2. The number of carbonyl (C=O) groups is 2. The van der Waals surface area contributed by atoms with E-state index in [0.717, 1.165) is 38.9 Å². The van der Waals surface area contributed by atoms with Crippen LogP contribution in [0, 0.1) is 0 Å². The average molecular weight is 443 g/mol. The van der Waals surface area contributed by atoms with Crippen LogP contribution < -0.4 is 11.1 Å². The Kier molecular flexibility index (Phi) is 6.24. The first-order valence-corrected chi connectivity index (χ1v) is 10.8. The van der Waals surface area contributed by atoms with Crippen LogP contribution >= 0.6 is 0 Å². The Hall–Kier alpha value is -3.97. The number of fused-ring (bicyclic) bond motifs is 1.